The summed E-state index contributed by atoms with van der Waals surface area (Å²) in [5.41, 5.74) is -0.0475. The Morgan fingerprint density at radius 1 is 1.29 bits per heavy atom. The van der Waals surface area contributed by atoms with Crippen LogP contribution < -0.4 is 4.72 Å². The zero-order valence-corrected chi connectivity index (χ0v) is 15.3. The van der Waals surface area contributed by atoms with Gasteiger partial charge in [-0.05, 0) is 51.3 Å². The Balaban J connectivity index is 2.25. The molecule has 0 amide bonds. The van der Waals surface area contributed by atoms with Gasteiger partial charge in [0.25, 0.3) is 0 Å². The van der Waals surface area contributed by atoms with Gasteiger partial charge >= 0.3 is 0 Å². The molecule has 0 aromatic heterocycles. The van der Waals surface area contributed by atoms with Crippen molar-refractivity contribution in [2.75, 3.05) is 0 Å². The summed E-state index contributed by atoms with van der Waals surface area (Å²) in [7, 11) is -1.18. The van der Waals surface area contributed by atoms with Crippen molar-refractivity contribution in [3.05, 3.63) is 34.3 Å². The van der Waals surface area contributed by atoms with E-state index in [0.29, 0.717) is 6.42 Å². The number of nitrogens with one attached hydrogen (secondary N) is 1. The Morgan fingerprint density at radius 3 is 2.48 bits per heavy atom. The van der Waals surface area contributed by atoms with Crippen LogP contribution >= 0.6 is 15.9 Å². The smallest absolute Gasteiger partial charge is 0.106 e. The average molecular weight is 374 g/mol. The molecular formula is C16H24BrNO2S. The Kier molecular flexibility index (Phi) is 5.29. The van der Waals surface area contributed by atoms with Gasteiger partial charge in [0.2, 0.25) is 0 Å². The summed E-state index contributed by atoms with van der Waals surface area (Å²) >= 11 is 3.42. The fourth-order valence-corrected chi connectivity index (χ4v) is 3.89. The van der Waals surface area contributed by atoms with Crippen molar-refractivity contribution in [3.63, 3.8) is 0 Å². The van der Waals surface area contributed by atoms with E-state index in [2.05, 4.69) is 20.7 Å². The SMILES string of the molecule is CC(C)(C)S(=O)N[C@H]1CCCC[C@@]1(O)c1ccc(Br)cc1. The summed E-state index contributed by atoms with van der Waals surface area (Å²) < 4.78 is 16.2. The third-order valence-corrected chi connectivity index (χ3v) is 6.17. The Labute approximate surface area is 138 Å². The van der Waals surface area contributed by atoms with E-state index in [4.69, 9.17) is 0 Å². The molecule has 1 aliphatic carbocycles. The van der Waals surface area contributed by atoms with E-state index in [-0.39, 0.29) is 10.8 Å². The topological polar surface area (TPSA) is 49.3 Å². The zero-order chi connectivity index (χ0) is 15.7. The first kappa shape index (κ1) is 17.1. The number of halogens is 1. The monoisotopic (exact) mass is 373 g/mol. The van der Waals surface area contributed by atoms with Crippen LogP contribution in [0.25, 0.3) is 0 Å². The second-order valence-electron chi connectivity index (χ2n) is 6.73. The molecule has 1 fully saturated rings. The summed E-state index contributed by atoms with van der Waals surface area (Å²) in [4.78, 5) is 0. The van der Waals surface area contributed by atoms with Crippen molar-refractivity contribution in [1.29, 1.82) is 0 Å². The molecule has 2 N–H and O–H groups in total. The van der Waals surface area contributed by atoms with Crippen molar-refractivity contribution in [2.45, 2.75) is 62.8 Å². The van der Waals surface area contributed by atoms with Crippen LogP contribution in [-0.2, 0) is 16.6 Å². The lowest BCUT2D eigenvalue weighted by Gasteiger charge is -2.41. The maximum Gasteiger partial charge on any atom is 0.106 e. The number of rotatable bonds is 3. The molecule has 2 rings (SSSR count). The van der Waals surface area contributed by atoms with Gasteiger partial charge in [-0.3, -0.25) is 0 Å². The van der Waals surface area contributed by atoms with Crippen LogP contribution in [0.15, 0.2) is 28.7 Å². The highest BCUT2D eigenvalue weighted by atomic mass is 79.9. The molecular weight excluding hydrogens is 350 g/mol. The second kappa shape index (κ2) is 6.49. The highest BCUT2D eigenvalue weighted by Crippen LogP contribution is 2.38. The fourth-order valence-electron chi connectivity index (χ4n) is 2.70. The number of aliphatic hydroxyl groups is 1. The number of hydrogen-bond donors (Lipinski definition) is 2. The molecule has 0 aliphatic heterocycles. The van der Waals surface area contributed by atoms with Crippen LogP contribution in [0.1, 0.15) is 52.0 Å². The Bertz CT molecular complexity index is 512. The summed E-state index contributed by atoms with van der Waals surface area (Å²) in [5, 5.41) is 11.2. The molecule has 21 heavy (non-hydrogen) atoms. The zero-order valence-electron chi connectivity index (χ0n) is 12.9. The molecule has 3 atom stereocenters. The molecule has 1 aromatic rings. The molecule has 5 heteroatoms. The summed E-state index contributed by atoms with van der Waals surface area (Å²) in [6.45, 7) is 5.83. The molecule has 1 saturated carbocycles. The molecule has 1 unspecified atom stereocenters. The predicted molar refractivity (Wildman–Crippen MR) is 91.3 cm³/mol. The first-order valence-corrected chi connectivity index (χ1v) is 9.34. The van der Waals surface area contributed by atoms with Crippen LogP contribution in [0.2, 0.25) is 0 Å². The van der Waals surface area contributed by atoms with E-state index < -0.39 is 16.6 Å². The maximum absolute atomic E-state index is 12.4. The third kappa shape index (κ3) is 3.95. The molecule has 3 nitrogen and oxygen atoms in total. The van der Waals surface area contributed by atoms with Gasteiger partial charge in [0.05, 0.1) is 21.8 Å². The number of benzene rings is 1. The van der Waals surface area contributed by atoms with Crippen LogP contribution in [0.4, 0.5) is 0 Å². The first-order valence-electron chi connectivity index (χ1n) is 7.40. The lowest BCUT2D eigenvalue weighted by Crippen LogP contribution is -2.53. The van der Waals surface area contributed by atoms with Crippen LogP contribution in [0, 0.1) is 0 Å². The van der Waals surface area contributed by atoms with Crippen molar-refractivity contribution < 1.29 is 9.32 Å². The molecule has 0 bridgehead atoms. The van der Waals surface area contributed by atoms with E-state index in [9.17, 15) is 9.32 Å². The minimum Gasteiger partial charge on any atom is -0.383 e. The van der Waals surface area contributed by atoms with E-state index >= 15 is 0 Å². The third-order valence-electron chi connectivity index (χ3n) is 4.03. The van der Waals surface area contributed by atoms with Crippen molar-refractivity contribution in [3.8, 4) is 0 Å². The van der Waals surface area contributed by atoms with E-state index in [1.807, 2.05) is 45.0 Å². The summed E-state index contributed by atoms with van der Waals surface area (Å²) in [6, 6.07) is 7.61. The van der Waals surface area contributed by atoms with Crippen molar-refractivity contribution >= 4 is 26.9 Å². The fraction of sp³-hybridized carbons (Fsp3) is 0.625. The van der Waals surface area contributed by atoms with Gasteiger partial charge in [0.15, 0.2) is 0 Å². The quantitative estimate of drug-likeness (QED) is 0.849. The predicted octanol–water partition coefficient (Wildman–Crippen LogP) is 3.63. The molecule has 1 aromatic carbocycles. The molecule has 0 radical (unpaired) electrons. The molecule has 0 saturated heterocycles. The van der Waals surface area contributed by atoms with Crippen LogP contribution in [-0.4, -0.2) is 20.1 Å². The molecule has 118 valence electrons. The normalized spacial score (nSPS) is 28.3. The van der Waals surface area contributed by atoms with Gasteiger partial charge in [0.1, 0.15) is 5.60 Å². The molecule has 0 spiro atoms. The highest BCUT2D eigenvalue weighted by molar-refractivity contribution is 9.10. The van der Waals surface area contributed by atoms with Gasteiger partial charge in [-0.25, -0.2) is 8.93 Å². The lowest BCUT2D eigenvalue weighted by atomic mass is 9.76. The minimum absolute atomic E-state index is 0.174. The minimum atomic E-state index is -1.18. The van der Waals surface area contributed by atoms with Crippen LogP contribution in [0.5, 0.6) is 0 Å². The Morgan fingerprint density at radius 2 is 1.90 bits per heavy atom. The van der Waals surface area contributed by atoms with Crippen molar-refractivity contribution in [1.82, 2.24) is 4.72 Å². The standard InChI is InChI=1S/C16H24BrNO2S/c1-15(2,3)21(20)18-14-6-4-5-11-16(14,19)12-7-9-13(17)10-8-12/h7-10,14,18-19H,4-6,11H2,1-3H3/t14-,16+,21?/m0/s1. The van der Waals surface area contributed by atoms with Crippen LogP contribution in [0.3, 0.4) is 0 Å². The molecule has 0 heterocycles. The second-order valence-corrected chi connectivity index (χ2v) is 9.64. The number of hydrogen-bond acceptors (Lipinski definition) is 2. The summed E-state index contributed by atoms with van der Waals surface area (Å²) in [6.07, 6.45) is 3.59. The van der Waals surface area contributed by atoms with E-state index in [1.54, 1.807) is 0 Å². The van der Waals surface area contributed by atoms with Gasteiger partial charge in [-0.15, -0.1) is 0 Å². The largest absolute Gasteiger partial charge is 0.383 e. The highest BCUT2D eigenvalue weighted by Gasteiger charge is 2.42. The molecule has 1 aliphatic rings. The van der Waals surface area contributed by atoms with Gasteiger partial charge in [0, 0.05) is 4.47 Å². The van der Waals surface area contributed by atoms with E-state index in [1.165, 1.54) is 0 Å². The van der Waals surface area contributed by atoms with Gasteiger partial charge in [-0.2, -0.15) is 0 Å². The maximum atomic E-state index is 12.4. The Hall–Kier alpha value is -0.230. The summed E-state index contributed by atoms with van der Waals surface area (Å²) in [5.74, 6) is 0. The lowest BCUT2D eigenvalue weighted by molar-refractivity contribution is -0.0246. The first-order chi connectivity index (χ1) is 9.73. The van der Waals surface area contributed by atoms with Gasteiger partial charge < -0.3 is 5.11 Å². The van der Waals surface area contributed by atoms with E-state index in [0.717, 1.165) is 29.3 Å². The average Bonchev–Trinajstić information content (AvgIpc) is 2.41. The van der Waals surface area contributed by atoms with Gasteiger partial charge in [-0.1, -0.05) is 40.9 Å². The van der Waals surface area contributed by atoms with Crippen molar-refractivity contribution in [2.24, 2.45) is 0 Å².